The van der Waals surface area contributed by atoms with Crippen molar-refractivity contribution in [2.24, 2.45) is 11.3 Å². The molecule has 1 aliphatic carbocycles. The third-order valence-corrected chi connectivity index (χ3v) is 5.53. The van der Waals surface area contributed by atoms with Crippen molar-refractivity contribution in [2.75, 3.05) is 13.1 Å². The first kappa shape index (κ1) is 14.3. The lowest BCUT2D eigenvalue weighted by Gasteiger charge is -2.45. The van der Waals surface area contributed by atoms with Gasteiger partial charge in [-0.3, -0.25) is 0 Å². The Morgan fingerprint density at radius 1 is 1.30 bits per heavy atom. The predicted octanol–water partition coefficient (Wildman–Crippen LogP) is 3.25. The summed E-state index contributed by atoms with van der Waals surface area (Å²) in [5.74, 6) is -0.310. The molecule has 1 aromatic rings. The van der Waals surface area contributed by atoms with E-state index in [-0.39, 0.29) is 16.4 Å². The Balaban J connectivity index is 2.16. The molecule has 3 rings (SSSR count). The normalized spacial score (nSPS) is 29.4. The van der Waals surface area contributed by atoms with Crippen molar-refractivity contribution in [3.8, 4) is 0 Å². The maximum Gasteiger partial charge on any atom is 0.142 e. The summed E-state index contributed by atoms with van der Waals surface area (Å²) in [6.45, 7) is 5.91. The summed E-state index contributed by atoms with van der Waals surface area (Å²) in [5, 5.41) is 14.9. The van der Waals surface area contributed by atoms with E-state index in [1.54, 1.807) is 6.07 Å². The molecule has 1 unspecified atom stereocenters. The van der Waals surface area contributed by atoms with E-state index in [2.05, 4.69) is 19.2 Å². The minimum absolute atomic E-state index is 0.106. The Kier molecular flexibility index (Phi) is 3.35. The van der Waals surface area contributed by atoms with Crippen LogP contribution in [0.2, 0.25) is 5.02 Å². The summed E-state index contributed by atoms with van der Waals surface area (Å²) in [5.41, 5.74) is 0.261. The average molecular weight is 298 g/mol. The van der Waals surface area contributed by atoms with Crippen molar-refractivity contribution in [1.82, 2.24) is 5.32 Å². The van der Waals surface area contributed by atoms with Crippen molar-refractivity contribution in [1.29, 1.82) is 0 Å². The van der Waals surface area contributed by atoms with Crippen molar-refractivity contribution in [3.05, 3.63) is 34.1 Å². The molecule has 0 bridgehead atoms. The predicted molar refractivity (Wildman–Crippen MR) is 78.4 cm³/mol. The second kappa shape index (κ2) is 4.69. The zero-order valence-corrected chi connectivity index (χ0v) is 12.7. The number of nitrogens with one attached hydrogen (secondary N) is 1. The lowest BCUT2D eigenvalue weighted by Crippen LogP contribution is -2.49. The second-order valence-electron chi connectivity index (χ2n) is 6.75. The maximum absolute atomic E-state index is 13.9. The van der Waals surface area contributed by atoms with Crippen LogP contribution in [0.5, 0.6) is 0 Å². The molecule has 0 aromatic heterocycles. The van der Waals surface area contributed by atoms with E-state index in [1.165, 1.54) is 6.07 Å². The van der Waals surface area contributed by atoms with E-state index in [4.69, 9.17) is 11.6 Å². The van der Waals surface area contributed by atoms with Gasteiger partial charge in [0.05, 0.1) is 10.6 Å². The Morgan fingerprint density at radius 3 is 2.60 bits per heavy atom. The van der Waals surface area contributed by atoms with E-state index < -0.39 is 11.4 Å². The fraction of sp³-hybridized carbons (Fsp3) is 0.625. The van der Waals surface area contributed by atoms with E-state index in [0.29, 0.717) is 5.56 Å². The third-order valence-electron chi connectivity index (χ3n) is 5.16. The summed E-state index contributed by atoms with van der Waals surface area (Å²) in [6.07, 6.45) is 2.53. The van der Waals surface area contributed by atoms with Gasteiger partial charge >= 0.3 is 0 Å². The molecule has 2 aliphatic rings. The van der Waals surface area contributed by atoms with Crippen LogP contribution in [-0.4, -0.2) is 18.2 Å². The van der Waals surface area contributed by atoms with Crippen molar-refractivity contribution in [3.63, 3.8) is 0 Å². The van der Waals surface area contributed by atoms with Gasteiger partial charge in [-0.2, -0.15) is 0 Å². The van der Waals surface area contributed by atoms with E-state index in [9.17, 15) is 9.50 Å². The molecule has 4 heteroatoms. The Hall–Kier alpha value is -0.640. The molecule has 2 N–H and O–H groups in total. The molecule has 20 heavy (non-hydrogen) atoms. The number of rotatable bonds is 1. The van der Waals surface area contributed by atoms with Crippen LogP contribution < -0.4 is 5.32 Å². The molecule has 1 fully saturated rings. The highest BCUT2D eigenvalue weighted by Crippen LogP contribution is 2.57. The van der Waals surface area contributed by atoms with Crippen LogP contribution in [0.15, 0.2) is 12.1 Å². The van der Waals surface area contributed by atoms with Gasteiger partial charge in [-0.1, -0.05) is 31.5 Å². The van der Waals surface area contributed by atoms with Crippen LogP contribution in [0.3, 0.4) is 0 Å². The van der Waals surface area contributed by atoms with Crippen LogP contribution in [-0.2, 0) is 12.0 Å². The Labute approximate surface area is 124 Å². The van der Waals surface area contributed by atoms with Gasteiger partial charge in [-0.05, 0) is 49.9 Å². The van der Waals surface area contributed by atoms with E-state index in [1.807, 2.05) is 0 Å². The molecule has 0 saturated carbocycles. The molecule has 2 nitrogen and oxygen atoms in total. The number of benzene rings is 1. The molecule has 0 spiro atoms. The summed E-state index contributed by atoms with van der Waals surface area (Å²) in [6, 6.07) is 3.18. The molecule has 110 valence electrons. The van der Waals surface area contributed by atoms with Gasteiger partial charge in [-0.15, -0.1) is 0 Å². The topological polar surface area (TPSA) is 32.3 Å². The summed E-state index contributed by atoms with van der Waals surface area (Å²) >= 11 is 6.22. The van der Waals surface area contributed by atoms with Gasteiger partial charge in [0, 0.05) is 11.0 Å². The maximum atomic E-state index is 13.9. The quantitative estimate of drug-likeness (QED) is 0.834. The number of aliphatic hydroxyl groups is 1. The van der Waals surface area contributed by atoms with E-state index >= 15 is 0 Å². The largest absolute Gasteiger partial charge is 0.384 e. The first-order chi connectivity index (χ1) is 9.38. The fourth-order valence-electron chi connectivity index (χ4n) is 4.10. The number of hydrogen-bond donors (Lipinski definition) is 2. The van der Waals surface area contributed by atoms with Gasteiger partial charge in [-0.25, -0.2) is 4.39 Å². The molecule has 0 radical (unpaired) electrons. The van der Waals surface area contributed by atoms with Gasteiger partial charge in [0.15, 0.2) is 0 Å². The lowest BCUT2D eigenvalue weighted by molar-refractivity contribution is -0.115. The number of piperidine rings is 1. The Bertz CT molecular complexity index is 540. The van der Waals surface area contributed by atoms with Gasteiger partial charge in [0.1, 0.15) is 5.82 Å². The molecule has 1 aromatic carbocycles. The first-order valence-corrected chi connectivity index (χ1v) is 7.66. The standard InChI is InChI=1S/C16H21ClFNO/c1-15(2)9-10-3-4-12(18)14(17)13(10)16(15,20)11-5-7-19-8-6-11/h3-4,11,19-20H,5-9H2,1-2H3. The number of halogens is 2. The Morgan fingerprint density at radius 2 is 1.95 bits per heavy atom. The van der Waals surface area contributed by atoms with Crippen LogP contribution in [0.25, 0.3) is 0 Å². The fourth-order valence-corrected chi connectivity index (χ4v) is 4.42. The second-order valence-corrected chi connectivity index (χ2v) is 7.12. The smallest absolute Gasteiger partial charge is 0.142 e. The molecular weight excluding hydrogens is 277 g/mol. The monoisotopic (exact) mass is 297 g/mol. The molecule has 1 atom stereocenters. The highest BCUT2D eigenvalue weighted by Gasteiger charge is 2.56. The molecule has 1 saturated heterocycles. The molecule has 1 aliphatic heterocycles. The van der Waals surface area contributed by atoms with Gasteiger partial charge < -0.3 is 10.4 Å². The van der Waals surface area contributed by atoms with Crippen LogP contribution in [0.4, 0.5) is 4.39 Å². The highest BCUT2D eigenvalue weighted by molar-refractivity contribution is 6.31. The van der Waals surface area contributed by atoms with Gasteiger partial charge in [0.25, 0.3) is 0 Å². The highest BCUT2D eigenvalue weighted by atomic mass is 35.5. The minimum atomic E-state index is -1.04. The number of fused-ring (bicyclic) bond motifs is 1. The zero-order valence-electron chi connectivity index (χ0n) is 12.0. The lowest BCUT2D eigenvalue weighted by atomic mass is 9.65. The third kappa shape index (κ3) is 1.83. The molecular formula is C16H21ClFNO. The minimum Gasteiger partial charge on any atom is -0.384 e. The van der Waals surface area contributed by atoms with Crippen molar-refractivity contribution >= 4 is 11.6 Å². The van der Waals surface area contributed by atoms with Crippen molar-refractivity contribution < 1.29 is 9.50 Å². The van der Waals surface area contributed by atoms with Crippen LogP contribution >= 0.6 is 11.6 Å². The van der Waals surface area contributed by atoms with Gasteiger partial charge in [0.2, 0.25) is 0 Å². The number of hydrogen-bond acceptors (Lipinski definition) is 2. The molecule has 0 amide bonds. The van der Waals surface area contributed by atoms with E-state index in [0.717, 1.165) is 37.9 Å². The SMILES string of the molecule is CC1(C)Cc2ccc(F)c(Cl)c2C1(O)C1CCNCC1. The summed E-state index contributed by atoms with van der Waals surface area (Å²) < 4.78 is 13.9. The first-order valence-electron chi connectivity index (χ1n) is 7.28. The zero-order chi connectivity index (χ0) is 14.5. The average Bonchev–Trinajstić information content (AvgIpc) is 2.64. The van der Waals surface area contributed by atoms with Crippen LogP contribution in [0, 0.1) is 17.2 Å². The van der Waals surface area contributed by atoms with Crippen LogP contribution in [0.1, 0.15) is 37.8 Å². The van der Waals surface area contributed by atoms with Crippen molar-refractivity contribution in [2.45, 2.75) is 38.7 Å². The summed E-state index contributed by atoms with van der Waals surface area (Å²) in [7, 11) is 0. The summed E-state index contributed by atoms with van der Waals surface area (Å²) in [4.78, 5) is 0. The molecule has 1 heterocycles.